The topological polar surface area (TPSA) is 59.2 Å². The number of rotatable bonds is 3. The minimum Gasteiger partial charge on any atom is -0.425 e. The summed E-state index contributed by atoms with van der Waals surface area (Å²) in [4.78, 5) is 0. The lowest BCUT2D eigenvalue weighted by molar-refractivity contribution is 0.283. The Bertz CT molecular complexity index is 197. The van der Waals surface area contributed by atoms with Crippen LogP contribution in [0.5, 0.6) is 0 Å². The van der Waals surface area contributed by atoms with Crippen molar-refractivity contribution in [2.45, 2.75) is 19.8 Å². The van der Waals surface area contributed by atoms with Crippen LogP contribution in [-0.4, -0.2) is 21.9 Å². The molecular formula is C6H10N2O2. The van der Waals surface area contributed by atoms with Gasteiger partial charge in [-0.15, -0.1) is 10.2 Å². The highest BCUT2D eigenvalue weighted by Crippen LogP contribution is 1.99. The van der Waals surface area contributed by atoms with Crippen LogP contribution in [0, 0.1) is 0 Å². The van der Waals surface area contributed by atoms with Gasteiger partial charge >= 0.3 is 0 Å². The molecule has 56 valence electrons. The molecular weight excluding hydrogens is 132 g/mol. The van der Waals surface area contributed by atoms with E-state index in [0.29, 0.717) is 18.2 Å². The van der Waals surface area contributed by atoms with E-state index in [-0.39, 0.29) is 6.61 Å². The third-order valence-electron chi connectivity index (χ3n) is 1.14. The molecule has 0 radical (unpaired) electrons. The van der Waals surface area contributed by atoms with E-state index in [0.717, 1.165) is 6.42 Å². The largest absolute Gasteiger partial charge is 0.425 e. The summed E-state index contributed by atoms with van der Waals surface area (Å²) in [5, 5.41) is 15.9. The van der Waals surface area contributed by atoms with Crippen molar-refractivity contribution < 1.29 is 9.52 Å². The SMILES string of the molecule is CCc1nnc(CCO)o1. The molecule has 0 spiro atoms. The predicted molar refractivity (Wildman–Crippen MR) is 34.5 cm³/mol. The molecule has 0 aliphatic heterocycles. The van der Waals surface area contributed by atoms with Crippen LogP contribution in [-0.2, 0) is 12.8 Å². The maximum absolute atomic E-state index is 8.47. The smallest absolute Gasteiger partial charge is 0.218 e. The van der Waals surface area contributed by atoms with Gasteiger partial charge in [-0.25, -0.2) is 0 Å². The van der Waals surface area contributed by atoms with Crippen LogP contribution in [0.4, 0.5) is 0 Å². The molecule has 1 rings (SSSR count). The Morgan fingerprint density at radius 3 is 2.60 bits per heavy atom. The van der Waals surface area contributed by atoms with Crippen molar-refractivity contribution in [3.8, 4) is 0 Å². The Labute approximate surface area is 58.9 Å². The number of aliphatic hydroxyl groups is 1. The van der Waals surface area contributed by atoms with Crippen LogP contribution in [0.2, 0.25) is 0 Å². The zero-order valence-electron chi connectivity index (χ0n) is 5.87. The van der Waals surface area contributed by atoms with E-state index in [9.17, 15) is 0 Å². The van der Waals surface area contributed by atoms with Crippen LogP contribution in [0.25, 0.3) is 0 Å². The quantitative estimate of drug-likeness (QED) is 0.653. The van der Waals surface area contributed by atoms with E-state index in [1.165, 1.54) is 0 Å². The van der Waals surface area contributed by atoms with Gasteiger partial charge in [0.15, 0.2) is 0 Å². The Morgan fingerprint density at radius 1 is 1.40 bits per heavy atom. The molecule has 0 saturated heterocycles. The Hall–Kier alpha value is -0.900. The molecule has 1 N–H and O–H groups in total. The number of aryl methyl sites for hydroxylation is 1. The predicted octanol–water partition coefficient (Wildman–Crippen LogP) is 0.167. The van der Waals surface area contributed by atoms with E-state index in [2.05, 4.69) is 10.2 Å². The van der Waals surface area contributed by atoms with Gasteiger partial charge in [-0.05, 0) is 0 Å². The number of aromatic nitrogens is 2. The maximum atomic E-state index is 8.47. The van der Waals surface area contributed by atoms with Crippen LogP contribution < -0.4 is 0 Å². The summed E-state index contributed by atoms with van der Waals surface area (Å²) < 4.78 is 5.09. The minimum atomic E-state index is 0.0609. The first-order chi connectivity index (χ1) is 4.86. The third-order valence-corrected chi connectivity index (χ3v) is 1.14. The average Bonchev–Trinajstić information content (AvgIpc) is 2.37. The van der Waals surface area contributed by atoms with Crippen LogP contribution in [0.3, 0.4) is 0 Å². The van der Waals surface area contributed by atoms with E-state index < -0.39 is 0 Å². The van der Waals surface area contributed by atoms with Crippen molar-refractivity contribution in [2.24, 2.45) is 0 Å². The summed E-state index contributed by atoms with van der Waals surface area (Å²) >= 11 is 0. The molecule has 1 aromatic heterocycles. The molecule has 0 bridgehead atoms. The lowest BCUT2D eigenvalue weighted by atomic mass is 10.5. The summed E-state index contributed by atoms with van der Waals surface area (Å²) in [5.74, 6) is 1.14. The van der Waals surface area contributed by atoms with E-state index in [1.54, 1.807) is 0 Å². The molecule has 0 fully saturated rings. The lowest BCUT2D eigenvalue weighted by Gasteiger charge is -1.85. The second-order valence-corrected chi connectivity index (χ2v) is 1.92. The normalized spacial score (nSPS) is 10.2. The van der Waals surface area contributed by atoms with Gasteiger partial charge < -0.3 is 9.52 Å². The molecule has 1 aromatic rings. The lowest BCUT2D eigenvalue weighted by Crippen LogP contribution is -1.89. The Balaban J connectivity index is 2.59. The molecule has 0 aromatic carbocycles. The van der Waals surface area contributed by atoms with Gasteiger partial charge in [0.1, 0.15) is 0 Å². The highest BCUT2D eigenvalue weighted by Gasteiger charge is 2.01. The summed E-state index contributed by atoms with van der Waals surface area (Å²) in [5.41, 5.74) is 0. The van der Waals surface area contributed by atoms with E-state index in [4.69, 9.17) is 9.52 Å². The number of hydrogen-bond donors (Lipinski definition) is 1. The fourth-order valence-corrected chi connectivity index (χ4v) is 0.628. The standard InChI is InChI=1S/C6H10N2O2/c1-2-5-7-8-6(10-5)3-4-9/h9H,2-4H2,1H3. The molecule has 0 atom stereocenters. The van der Waals surface area contributed by atoms with Crippen molar-refractivity contribution in [3.05, 3.63) is 11.8 Å². The van der Waals surface area contributed by atoms with Gasteiger partial charge in [0.2, 0.25) is 11.8 Å². The van der Waals surface area contributed by atoms with Crippen molar-refractivity contribution >= 4 is 0 Å². The zero-order chi connectivity index (χ0) is 7.40. The summed E-state index contributed by atoms with van der Waals surface area (Å²) in [7, 11) is 0. The van der Waals surface area contributed by atoms with E-state index >= 15 is 0 Å². The summed E-state index contributed by atoms with van der Waals surface area (Å²) in [6.07, 6.45) is 1.20. The molecule has 10 heavy (non-hydrogen) atoms. The molecule has 4 nitrogen and oxygen atoms in total. The van der Waals surface area contributed by atoms with Gasteiger partial charge in [0.25, 0.3) is 0 Å². The first-order valence-corrected chi connectivity index (χ1v) is 3.29. The zero-order valence-corrected chi connectivity index (χ0v) is 5.87. The average molecular weight is 142 g/mol. The van der Waals surface area contributed by atoms with Gasteiger partial charge in [0, 0.05) is 12.8 Å². The molecule has 0 amide bonds. The Kier molecular flexibility index (Phi) is 2.39. The molecule has 0 aliphatic carbocycles. The highest BCUT2D eigenvalue weighted by atomic mass is 16.4. The number of nitrogens with zero attached hydrogens (tertiary/aromatic N) is 2. The van der Waals surface area contributed by atoms with Crippen molar-refractivity contribution in [3.63, 3.8) is 0 Å². The third kappa shape index (κ3) is 1.54. The van der Waals surface area contributed by atoms with Gasteiger partial charge in [-0.1, -0.05) is 6.92 Å². The van der Waals surface area contributed by atoms with Crippen LogP contribution in [0.1, 0.15) is 18.7 Å². The molecule has 4 heteroatoms. The molecule has 0 unspecified atom stereocenters. The molecule has 0 saturated carbocycles. The maximum Gasteiger partial charge on any atom is 0.218 e. The first kappa shape index (κ1) is 7.21. The second kappa shape index (κ2) is 3.31. The molecule has 0 aliphatic rings. The number of aliphatic hydroxyl groups excluding tert-OH is 1. The fraction of sp³-hybridized carbons (Fsp3) is 0.667. The highest BCUT2D eigenvalue weighted by molar-refractivity contribution is 4.80. The Morgan fingerprint density at radius 2 is 2.10 bits per heavy atom. The number of hydrogen-bond acceptors (Lipinski definition) is 4. The van der Waals surface area contributed by atoms with Crippen molar-refractivity contribution in [1.29, 1.82) is 0 Å². The van der Waals surface area contributed by atoms with Crippen molar-refractivity contribution in [2.75, 3.05) is 6.61 Å². The van der Waals surface area contributed by atoms with Gasteiger partial charge in [0.05, 0.1) is 6.61 Å². The van der Waals surface area contributed by atoms with Gasteiger partial charge in [-0.2, -0.15) is 0 Å². The van der Waals surface area contributed by atoms with Crippen LogP contribution in [0.15, 0.2) is 4.42 Å². The van der Waals surface area contributed by atoms with Crippen molar-refractivity contribution in [1.82, 2.24) is 10.2 Å². The summed E-state index contributed by atoms with van der Waals surface area (Å²) in [6, 6.07) is 0. The molecule has 1 heterocycles. The van der Waals surface area contributed by atoms with E-state index in [1.807, 2.05) is 6.92 Å². The van der Waals surface area contributed by atoms with Crippen LogP contribution >= 0.6 is 0 Å². The second-order valence-electron chi connectivity index (χ2n) is 1.92. The minimum absolute atomic E-state index is 0.0609. The van der Waals surface area contributed by atoms with Gasteiger partial charge in [-0.3, -0.25) is 0 Å². The fourth-order valence-electron chi connectivity index (χ4n) is 0.628. The first-order valence-electron chi connectivity index (χ1n) is 3.29. The summed E-state index contributed by atoms with van der Waals surface area (Å²) in [6.45, 7) is 2.00. The monoisotopic (exact) mass is 142 g/mol.